The van der Waals surface area contributed by atoms with Crippen LogP contribution in [-0.4, -0.2) is 36.7 Å². The quantitative estimate of drug-likeness (QED) is 0.866. The van der Waals surface area contributed by atoms with Gasteiger partial charge in [0, 0.05) is 19.2 Å². The van der Waals surface area contributed by atoms with Gasteiger partial charge in [-0.25, -0.2) is 4.79 Å². The van der Waals surface area contributed by atoms with Crippen LogP contribution in [-0.2, 0) is 4.74 Å². The lowest BCUT2D eigenvalue weighted by Crippen LogP contribution is -2.40. The molecule has 1 atom stereocenters. The molecule has 1 aromatic rings. The van der Waals surface area contributed by atoms with Gasteiger partial charge in [-0.1, -0.05) is 20.8 Å². The summed E-state index contributed by atoms with van der Waals surface area (Å²) < 4.78 is 5.36. The maximum atomic E-state index is 12.0. The highest BCUT2D eigenvalue weighted by atomic mass is 16.5. The van der Waals surface area contributed by atoms with Crippen molar-refractivity contribution in [2.75, 3.05) is 13.7 Å². The van der Waals surface area contributed by atoms with Gasteiger partial charge in [0.05, 0.1) is 11.7 Å². The highest BCUT2D eigenvalue weighted by molar-refractivity contribution is 5.95. The Hall–Kier alpha value is -1.88. The lowest BCUT2D eigenvalue weighted by Gasteiger charge is -2.29. The van der Waals surface area contributed by atoms with Gasteiger partial charge in [0.2, 0.25) is 0 Å². The van der Waals surface area contributed by atoms with Crippen LogP contribution in [0.3, 0.4) is 0 Å². The third kappa shape index (κ3) is 4.35. The smallest absolute Gasteiger partial charge is 0.335 e. The van der Waals surface area contributed by atoms with Crippen LogP contribution in [0.1, 0.15) is 41.5 Å². The average Bonchev–Trinajstić information content (AvgIpc) is 2.37. The van der Waals surface area contributed by atoms with Crippen molar-refractivity contribution in [1.29, 1.82) is 0 Å². The molecule has 0 aliphatic heterocycles. The van der Waals surface area contributed by atoms with Crippen molar-refractivity contribution in [3.63, 3.8) is 0 Å². The van der Waals surface area contributed by atoms with Crippen LogP contribution in [0.4, 0.5) is 0 Å². The molecule has 1 aromatic carbocycles. The molecule has 0 aromatic heterocycles. The average molecular weight is 279 g/mol. The summed E-state index contributed by atoms with van der Waals surface area (Å²) in [5, 5.41) is 11.6. The van der Waals surface area contributed by atoms with Gasteiger partial charge in [-0.3, -0.25) is 4.79 Å². The third-order valence-electron chi connectivity index (χ3n) is 3.09. The summed E-state index contributed by atoms with van der Waals surface area (Å²) in [4.78, 5) is 22.7. The second-order valence-corrected chi connectivity index (χ2v) is 5.68. The van der Waals surface area contributed by atoms with Gasteiger partial charge < -0.3 is 15.2 Å². The fourth-order valence-corrected chi connectivity index (χ4v) is 1.79. The third-order valence-corrected chi connectivity index (χ3v) is 3.09. The summed E-state index contributed by atoms with van der Waals surface area (Å²) >= 11 is 0. The van der Waals surface area contributed by atoms with Gasteiger partial charge in [0.25, 0.3) is 5.91 Å². The Balaban J connectivity index is 2.65. The molecule has 0 saturated heterocycles. The Kier molecular flexibility index (Phi) is 5.27. The molecule has 0 heterocycles. The molecule has 20 heavy (non-hydrogen) atoms. The molecule has 1 rings (SSSR count). The molecule has 1 amide bonds. The van der Waals surface area contributed by atoms with E-state index in [0.29, 0.717) is 12.1 Å². The lowest BCUT2D eigenvalue weighted by atomic mass is 9.89. The van der Waals surface area contributed by atoms with Crippen LogP contribution in [0.15, 0.2) is 24.3 Å². The Morgan fingerprint density at radius 2 is 1.70 bits per heavy atom. The summed E-state index contributed by atoms with van der Waals surface area (Å²) in [6.45, 7) is 6.51. The van der Waals surface area contributed by atoms with Crippen molar-refractivity contribution in [2.45, 2.75) is 26.9 Å². The van der Waals surface area contributed by atoms with Crippen molar-refractivity contribution in [1.82, 2.24) is 5.32 Å². The Labute approximate surface area is 118 Å². The number of carboxylic acids is 1. The summed E-state index contributed by atoms with van der Waals surface area (Å²) in [5.41, 5.74) is 0.514. The van der Waals surface area contributed by atoms with Crippen molar-refractivity contribution in [2.24, 2.45) is 5.41 Å². The monoisotopic (exact) mass is 279 g/mol. The molecule has 0 bridgehead atoms. The van der Waals surface area contributed by atoms with Crippen LogP contribution in [0.25, 0.3) is 0 Å². The van der Waals surface area contributed by atoms with Crippen LogP contribution >= 0.6 is 0 Å². The first-order valence-corrected chi connectivity index (χ1v) is 6.40. The van der Waals surface area contributed by atoms with E-state index in [1.807, 2.05) is 20.8 Å². The molecule has 0 aliphatic rings. The zero-order valence-electron chi connectivity index (χ0n) is 12.3. The second kappa shape index (κ2) is 6.52. The molecule has 110 valence electrons. The number of ether oxygens (including phenoxy) is 1. The molecule has 0 fully saturated rings. The normalized spacial score (nSPS) is 12.8. The van der Waals surface area contributed by atoms with Gasteiger partial charge in [-0.2, -0.15) is 0 Å². The standard InChI is InChI=1S/C15H21NO4/c1-15(2,3)12(20-4)9-16-13(17)10-5-7-11(8-6-10)14(18)19/h5-8,12H,9H2,1-4H3,(H,16,17)(H,18,19). The molecule has 0 saturated carbocycles. The first-order valence-electron chi connectivity index (χ1n) is 6.40. The number of amides is 1. The minimum absolute atomic E-state index is 0.0742. The molecule has 0 spiro atoms. The number of rotatable bonds is 5. The fourth-order valence-electron chi connectivity index (χ4n) is 1.79. The predicted molar refractivity (Wildman–Crippen MR) is 76.0 cm³/mol. The molecule has 5 heteroatoms. The SMILES string of the molecule is COC(CNC(=O)c1ccc(C(=O)O)cc1)C(C)(C)C. The van der Waals surface area contributed by atoms with Crippen LogP contribution < -0.4 is 5.32 Å². The number of aromatic carboxylic acids is 1. The molecule has 0 aliphatic carbocycles. The fraction of sp³-hybridized carbons (Fsp3) is 0.467. The van der Waals surface area contributed by atoms with Crippen LogP contribution in [0.5, 0.6) is 0 Å². The molecule has 5 nitrogen and oxygen atoms in total. The van der Waals surface area contributed by atoms with E-state index in [1.54, 1.807) is 7.11 Å². The Morgan fingerprint density at radius 3 is 2.10 bits per heavy atom. The van der Waals surface area contributed by atoms with Crippen molar-refractivity contribution >= 4 is 11.9 Å². The summed E-state index contributed by atoms with van der Waals surface area (Å²) in [6, 6.07) is 5.82. The van der Waals surface area contributed by atoms with E-state index in [2.05, 4.69) is 5.32 Å². The largest absolute Gasteiger partial charge is 0.478 e. The molecule has 2 N–H and O–H groups in total. The van der Waals surface area contributed by atoms with Gasteiger partial charge in [0.1, 0.15) is 0 Å². The van der Waals surface area contributed by atoms with Gasteiger partial charge in [-0.15, -0.1) is 0 Å². The van der Waals surface area contributed by atoms with Crippen molar-refractivity contribution in [3.05, 3.63) is 35.4 Å². The van der Waals surface area contributed by atoms with Crippen molar-refractivity contribution < 1.29 is 19.4 Å². The Bertz CT molecular complexity index is 474. The molecule has 0 radical (unpaired) electrons. The minimum Gasteiger partial charge on any atom is -0.478 e. The van der Waals surface area contributed by atoms with Crippen LogP contribution in [0.2, 0.25) is 0 Å². The van der Waals surface area contributed by atoms with Crippen molar-refractivity contribution in [3.8, 4) is 0 Å². The highest BCUT2D eigenvalue weighted by Gasteiger charge is 2.24. The molecular formula is C15H21NO4. The van der Waals surface area contributed by atoms with Crippen LogP contribution in [0, 0.1) is 5.41 Å². The number of hydrogen-bond donors (Lipinski definition) is 2. The first kappa shape index (κ1) is 16.2. The number of carbonyl (C=O) groups excluding carboxylic acids is 1. The predicted octanol–water partition coefficient (Wildman–Crippen LogP) is 2.18. The number of benzene rings is 1. The number of carboxylic acid groups (broad SMARTS) is 1. The molecular weight excluding hydrogens is 258 g/mol. The van der Waals surface area contributed by atoms with E-state index in [9.17, 15) is 9.59 Å². The number of carbonyl (C=O) groups is 2. The van der Waals surface area contributed by atoms with E-state index in [1.165, 1.54) is 24.3 Å². The maximum Gasteiger partial charge on any atom is 0.335 e. The van der Waals surface area contributed by atoms with E-state index in [-0.39, 0.29) is 23.0 Å². The topological polar surface area (TPSA) is 75.6 Å². The second-order valence-electron chi connectivity index (χ2n) is 5.68. The number of hydrogen-bond acceptors (Lipinski definition) is 3. The van der Waals surface area contributed by atoms with E-state index < -0.39 is 5.97 Å². The maximum absolute atomic E-state index is 12.0. The van der Waals surface area contributed by atoms with Gasteiger partial charge >= 0.3 is 5.97 Å². The Morgan fingerprint density at radius 1 is 1.20 bits per heavy atom. The lowest BCUT2D eigenvalue weighted by molar-refractivity contribution is 0.0176. The minimum atomic E-state index is -1.01. The summed E-state index contributed by atoms with van der Waals surface area (Å²) in [7, 11) is 1.61. The summed E-state index contributed by atoms with van der Waals surface area (Å²) in [5.74, 6) is -1.25. The zero-order chi connectivity index (χ0) is 15.3. The van der Waals surface area contributed by atoms with E-state index >= 15 is 0 Å². The van der Waals surface area contributed by atoms with Gasteiger partial charge in [0.15, 0.2) is 0 Å². The van der Waals surface area contributed by atoms with E-state index in [4.69, 9.17) is 9.84 Å². The van der Waals surface area contributed by atoms with E-state index in [0.717, 1.165) is 0 Å². The highest BCUT2D eigenvalue weighted by Crippen LogP contribution is 2.21. The molecule has 1 unspecified atom stereocenters. The summed E-state index contributed by atoms with van der Waals surface area (Å²) in [6.07, 6.45) is -0.0928. The number of methoxy groups -OCH3 is 1. The van der Waals surface area contributed by atoms with Gasteiger partial charge in [-0.05, 0) is 29.7 Å². The number of nitrogens with one attached hydrogen (secondary N) is 1. The first-order chi connectivity index (χ1) is 9.25. The zero-order valence-corrected chi connectivity index (χ0v) is 12.3.